The van der Waals surface area contributed by atoms with Crippen LogP contribution in [-0.4, -0.2) is 17.9 Å². The second kappa shape index (κ2) is 7.43. The zero-order valence-electron chi connectivity index (χ0n) is 8.53. The Morgan fingerprint density at radius 3 is 2.73 bits per heavy atom. The molecule has 0 saturated carbocycles. The van der Waals surface area contributed by atoms with Crippen LogP contribution in [0.2, 0.25) is 0 Å². The van der Waals surface area contributed by atoms with Crippen molar-refractivity contribution in [1.82, 2.24) is 0 Å². The van der Waals surface area contributed by atoms with E-state index in [1.807, 2.05) is 18.4 Å². The second-order valence-electron chi connectivity index (χ2n) is 2.88. The predicted molar refractivity (Wildman–Crippen MR) is 69.7 cm³/mol. The van der Waals surface area contributed by atoms with Crippen LogP contribution >= 0.6 is 24.2 Å². The molecule has 15 heavy (non-hydrogen) atoms. The maximum atomic E-state index is 11.3. The third-order valence-electron chi connectivity index (χ3n) is 1.77. The van der Waals surface area contributed by atoms with E-state index in [2.05, 4.69) is 5.32 Å². The first kappa shape index (κ1) is 14.1. The molecule has 0 spiro atoms. The van der Waals surface area contributed by atoms with Crippen molar-refractivity contribution in [2.75, 3.05) is 23.1 Å². The first-order valence-electron chi connectivity index (χ1n) is 4.37. The molecule has 0 aliphatic carbocycles. The Bertz CT molecular complexity index is 320. The molecule has 1 rings (SSSR count). The van der Waals surface area contributed by atoms with Crippen molar-refractivity contribution in [3.63, 3.8) is 0 Å². The predicted octanol–water partition coefficient (Wildman–Crippen LogP) is 2.38. The molecule has 0 bridgehead atoms. The third-order valence-corrected chi connectivity index (χ3v) is 2.38. The molecule has 0 aliphatic rings. The summed E-state index contributed by atoms with van der Waals surface area (Å²) < 4.78 is 0. The summed E-state index contributed by atoms with van der Waals surface area (Å²) in [6.07, 6.45) is 2.50. The normalized spacial score (nSPS) is 9.13. The maximum absolute atomic E-state index is 11.3. The van der Waals surface area contributed by atoms with Crippen molar-refractivity contribution < 1.29 is 4.79 Å². The summed E-state index contributed by atoms with van der Waals surface area (Å²) in [7, 11) is 0. The molecular weight excluding hydrogens is 232 g/mol. The number of nitrogen functional groups attached to an aromatic ring is 1. The number of carbonyl (C=O) groups is 1. The minimum absolute atomic E-state index is 0. The molecule has 1 aromatic carbocycles. The quantitative estimate of drug-likeness (QED) is 0.802. The number of benzene rings is 1. The number of nitrogens with two attached hydrogens (primary N) is 1. The highest BCUT2D eigenvalue weighted by Crippen LogP contribution is 2.16. The van der Waals surface area contributed by atoms with E-state index in [9.17, 15) is 4.79 Å². The highest BCUT2D eigenvalue weighted by Gasteiger charge is 2.03. The Morgan fingerprint density at radius 1 is 1.47 bits per heavy atom. The Kier molecular flexibility index (Phi) is 6.99. The fraction of sp³-hybridized carbons (Fsp3) is 0.300. The van der Waals surface area contributed by atoms with Crippen molar-refractivity contribution in [1.29, 1.82) is 0 Å². The minimum atomic E-state index is 0. The van der Waals surface area contributed by atoms with Gasteiger partial charge in [0.15, 0.2) is 0 Å². The van der Waals surface area contributed by atoms with E-state index < -0.39 is 0 Å². The molecule has 0 fully saturated rings. The number of hydrogen-bond acceptors (Lipinski definition) is 3. The Balaban J connectivity index is 0.00000196. The lowest BCUT2D eigenvalue weighted by Gasteiger charge is -2.06. The van der Waals surface area contributed by atoms with Crippen LogP contribution in [0, 0.1) is 0 Å². The van der Waals surface area contributed by atoms with Crippen LogP contribution in [0.1, 0.15) is 6.42 Å². The first-order valence-corrected chi connectivity index (χ1v) is 5.76. The molecule has 1 aromatic rings. The molecule has 0 radical (unpaired) electrons. The average molecular weight is 247 g/mol. The van der Waals surface area contributed by atoms with Gasteiger partial charge in [-0.1, -0.05) is 12.1 Å². The summed E-state index contributed by atoms with van der Waals surface area (Å²) in [4.78, 5) is 11.3. The zero-order chi connectivity index (χ0) is 10.4. The van der Waals surface area contributed by atoms with Gasteiger partial charge in [-0.3, -0.25) is 4.79 Å². The van der Waals surface area contributed by atoms with Gasteiger partial charge >= 0.3 is 0 Å². The van der Waals surface area contributed by atoms with E-state index in [-0.39, 0.29) is 18.3 Å². The van der Waals surface area contributed by atoms with Gasteiger partial charge in [-0.05, 0) is 18.4 Å². The molecule has 0 unspecified atom stereocenters. The second-order valence-corrected chi connectivity index (χ2v) is 3.86. The van der Waals surface area contributed by atoms with Crippen LogP contribution in [-0.2, 0) is 4.79 Å². The number of nitrogens with one attached hydrogen (secondary N) is 1. The number of hydrogen-bond donors (Lipinski definition) is 2. The van der Waals surface area contributed by atoms with Crippen LogP contribution in [0.5, 0.6) is 0 Å². The number of thioether (sulfide) groups is 1. The Morgan fingerprint density at radius 2 is 2.13 bits per heavy atom. The van der Waals surface area contributed by atoms with Gasteiger partial charge < -0.3 is 11.1 Å². The van der Waals surface area contributed by atoms with E-state index in [1.54, 1.807) is 23.9 Å². The summed E-state index contributed by atoms with van der Waals surface area (Å²) in [6.45, 7) is 0. The number of carbonyl (C=O) groups excluding carboxylic acids is 1. The van der Waals surface area contributed by atoms with Gasteiger partial charge in [-0.25, -0.2) is 0 Å². The van der Waals surface area contributed by atoms with Crippen molar-refractivity contribution in [3.05, 3.63) is 24.3 Å². The van der Waals surface area contributed by atoms with Gasteiger partial charge in [0.2, 0.25) is 5.91 Å². The van der Waals surface area contributed by atoms with Crippen LogP contribution in [0.4, 0.5) is 11.4 Å². The monoisotopic (exact) mass is 246 g/mol. The summed E-state index contributed by atoms with van der Waals surface area (Å²) in [5.41, 5.74) is 6.97. The number of amides is 1. The van der Waals surface area contributed by atoms with Crippen LogP contribution < -0.4 is 11.1 Å². The van der Waals surface area contributed by atoms with E-state index in [4.69, 9.17) is 5.73 Å². The highest BCUT2D eigenvalue weighted by molar-refractivity contribution is 7.98. The number of para-hydroxylation sites is 2. The minimum Gasteiger partial charge on any atom is -0.397 e. The topological polar surface area (TPSA) is 55.1 Å². The Labute approximate surface area is 100 Å². The molecule has 0 atom stereocenters. The lowest BCUT2D eigenvalue weighted by molar-refractivity contribution is -0.115. The fourth-order valence-corrected chi connectivity index (χ4v) is 1.41. The van der Waals surface area contributed by atoms with Gasteiger partial charge in [0, 0.05) is 12.2 Å². The molecule has 3 N–H and O–H groups in total. The molecule has 0 saturated heterocycles. The number of anilines is 2. The average Bonchev–Trinajstić information content (AvgIpc) is 2.18. The van der Waals surface area contributed by atoms with Crippen LogP contribution in [0.15, 0.2) is 24.3 Å². The molecule has 84 valence electrons. The highest BCUT2D eigenvalue weighted by atomic mass is 35.5. The zero-order valence-corrected chi connectivity index (χ0v) is 10.2. The Hall–Kier alpha value is -0.870. The third kappa shape index (κ3) is 4.95. The van der Waals surface area contributed by atoms with Crippen molar-refractivity contribution in [2.45, 2.75) is 6.42 Å². The summed E-state index contributed by atoms with van der Waals surface area (Å²) in [5, 5.41) is 2.77. The molecule has 0 aromatic heterocycles. The summed E-state index contributed by atoms with van der Waals surface area (Å²) >= 11 is 1.65. The van der Waals surface area contributed by atoms with E-state index in [0.29, 0.717) is 17.8 Å². The van der Waals surface area contributed by atoms with Crippen molar-refractivity contribution in [3.8, 4) is 0 Å². The molecule has 3 nitrogen and oxygen atoms in total. The van der Waals surface area contributed by atoms with E-state index in [1.165, 1.54) is 0 Å². The smallest absolute Gasteiger partial charge is 0.225 e. The van der Waals surface area contributed by atoms with Gasteiger partial charge in [0.05, 0.1) is 11.4 Å². The largest absolute Gasteiger partial charge is 0.397 e. The van der Waals surface area contributed by atoms with E-state index >= 15 is 0 Å². The molecule has 0 heterocycles. The molecule has 1 amide bonds. The van der Waals surface area contributed by atoms with Crippen molar-refractivity contribution >= 4 is 41.5 Å². The molecule has 5 heteroatoms. The SMILES string of the molecule is CSCCC(=O)Nc1ccccc1N.Cl. The van der Waals surface area contributed by atoms with Crippen molar-refractivity contribution in [2.24, 2.45) is 0 Å². The standard InChI is InChI=1S/C10H14N2OS.ClH/c1-14-7-6-10(13)12-9-5-3-2-4-8(9)11;/h2-5H,6-7,11H2,1H3,(H,12,13);1H. The van der Waals surface area contributed by atoms with E-state index in [0.717, 1.165) is 5.75 Å². The fourth-order valence-electron chi connectivity index (χ4n) is 1.02. The maximum Gasteiger partial charge on any atom is 0.225 e. The lowest BCUT2D eigenvalue weighted by atomic mass is 10.2. The number of halogens is 1. The molecular formula is C10H15ClN2OS. The van der Waals surface area contributed by atoms with Crippen LogP contribution in [0.25, 0.3) is 0 Å². The van der Waals surface area contributed by atoms with Crippen LogP contribution in [0.3, 0.4) is 0 Å². The number of rotatable bonds is 4. The summed E-state index contributed by atoms with van der Waals surface area (Å²) in [6, 6.07) is 7.25. The first-order chi connectivity index (χ1) is 6.74. The van der Waals surface area contributed by atoms with Gasteiger partial charge in [0.1, 0.15) is 0 Å². The summed E-state index contributed by atoms with van der Waals surface area (Å²) in [5.74, 6) is 0.843. The lowest BCUT2D eigenvalue weighted by Crippen LogP contribution is -2.13. The van der Waals surface area contributed by atoms with Gasteiger partial charge in [-0.2, -0.15) is 11.8 Å². The molecule has 0 aliphatic heterocycles. The van der Waals surface area contributed by atoms with Gasteiger partial charge in [0.25, 0.3) is 0 Å². The van der Waals surface area contributed by atoms with Gasteiger partial charge in [-0.15, -0.1) is 12.4 Å².